The highest BCUT2D eigenvalue weighted by Gasteiger charge is 2.95. The number of hydrogen-bond donors (Lipinski definition) is 0. The summed E-state index contributed by atoms with van der Waals surface area (Å²) < 4.78 is 213. The van der Waals surface area contributed by atoms with E-state index >= 15 is 0 Å². The van der Waals surface area contributed by atoms with Crippen molar-refractivity contribution in [2.75, 3.05) is 0 Å². The molecule has 0 amide bonds. The topological polar surface area (TPSA) is 17.1 Å². The lowest BCUT2D eigenvalue weighted by atomic mass is 9.89. The number of halogens is 17. The van der Waals surface area contributed by atoms with Crippen LogP contribution in [0.4, 0.5) is 74.6 Å². The average Bonchev–Trinajstić information content (AvgIpc) is 2.44. The molecule has 27 heavy (non-hydrogen) atoms. The van der Waals surface area contributed by atoms with Crippen LogP contribution in [-0.2, 0) is 4.79 Å². The fourth-order valence-electron chi connectivity index (χ4n) is 1.23. The summed E-state index contributed by atoms with van der Waals surface area (Å²) in [5.74, 6) is -57.6. The SMILES string of the molecule is O=[C]C(F)(F)C(F)(F)C(F)(F)C(F)(F)C(F)(F)C(F)(F)C(F)(F)C(F)(F)F. The van der Waals surface area contributed by atoms with E-state index in [4.69, 9.17) is 0 Å². The third kappa shape index (κ3) is 2.98. The molecule has 0 spiro atoms. The molecular formula is C9F17O. The van der Waals surface area contributed by atoms with Crippen LogP contribution in [0.5, 0.6) is 0 Å². The Morgan fingerprint density at radius 2 is 0.593 bits per heavy atom. The first-order valence-corrected chi connectivity index (χ1v) is 5.42. The van der Waals surface area contributed by atoms with E-state index in [2.05, 4.69) is 0 Å². The van der Waals surface area contributed by atoms with E-state index in [0.29, 0.717) is 0 Å². The van der Waals surface area contributed by atoms with Crippen LogP contribution < -0.4 is 0 Å². The van der Waals surface area contributed by atoms with Crippen molar-refractivity contribution in [3.05, 3.63) is 0 Å². The van der Waals surface area contributed by atoms with Crippen LogP contribution in [0, 0.1) is 0 Å². The minimum absolute atomic E-state index is 1.30. The molecule has 1 nitrogen and oxygen atoms in total. The van der Waals surface area contributed by atoms with E-state index in [9.17, 15) is 79.4 Å². The number of carbonyl (C=O) groups excluding carboxylic acids is 1. The van der Waals surface area contributed by atoms with Gasteiger partial charge >= 0.3 is 47.6 Å². The average molecular weight is 447 g/mol. The predicted octanol–water partition coefficient (Wildman–Crippen LogP) is 5.11. The van der Waals surface area contributed by atoms with E-state index < -0.39 is 53.9 Å². The molecule has 0 saturated carbocycles. The molecule has 1 radical (unpaired) electrons. The first kappa shape index (κ1) is 25.5. The van der Waals surface area contributed by atoms with Crippen molar-refractivity contribution in [1.82, 2.24) is 0 Å². The summed E-state index contributed by atoms with van der Waals surface area (Å²) in [6.45, 7) is 0. The summed E-state index contributed by atoms with van der Waals surface area (Å²) in [6.07, 6.45) is -9.10. The van der Waals surface area contributed by atoms with Crippen LogP contribution in [0.25, 0.3) is 0 Å². The van der Waals surface area contributed by atoms with Gasteiger partial charge in [0.2, 0.25) is 0 Å². The Labute approximate surface area is 135 Å². The minimum atomic E-state index is -8.69. The standard InChI is InChI=1S/C9F17O/c10-2(11,1-27)3(12,13)4(14,15)5(16,17)6(18,19)7(20,21)8(22,23)9(24,25)26. The van der Waals surface area contributed by atoms with Crippen molar-refractivity contribution < 1.29 is 79.4 Å². The summed E-state index contributed by atoms with van der Waals surface area (Å²) in [4.78, 5) is 9.45. The molecule has 0 fully saturated rings. The molecule has 0 heterocycles. The summed E-state index contributed by atoms with van der Waals surface area (Å²) in [6, 6.07) is 0. The molecule has 0 saturated heterocycles. The lowest BCUT2D eigenvalue weighted by molar-refractivity contribution is -0.458. The predicted molar refractivity (Wildman–Crippen MR) is 46.4 cm³/mol. The summed E-state index contributed by atoms with van der Waals surface area (Å²) in [7, 11) is 0. The molecule has 0 aromatic carbocycles. The van der Waals surface area contributed by atoms with Gasteiger partial charge in [-0.3, -0.25) is 4.79 Å². The van der Waals surface area contributed by atoms with Crippen LogP contribution in [0.3, 0.4) is 0 Å². The zero-order chi connectivity index (χ0) is 22.7. The lowest BCUT2D eigenvalue weighted by Gasteiger charge is -2.42. The van der Waals surface area contributed by atoms with E-state index in [-0.39, 0.29) is 0 Å². The van der Waals surface area contributed by atoms with Crippen molar-refractivity contribution in [3.8, 4) is 0 Å². The summed E-state index contributed by atoms with van der Waals surface area (Å²) >= 11 is 0. The van der Waals surface area contributed by atoms with Crippen LogP contribution in [0.1, 0.15) is 0 Å². The fraction of sp³-hybridized carbons (Fsp3) is 0.889. The van der Waals surface area contributed by atoms with Gasteiger partial charge in [-0.1, -0.05) is 0 Å². The maximum absolute atomic E-state index is 12.9. The largest absolute Gasteiger partial charge is 0.460 e. The molecular weight excluding hydrogens is 447 g/mol. The quantitative estimate of drug-likeness (QED) is 0.497. The summed E-state index contributed by atoms with van der Waals surface area (Å²) in [5, 5.41) is 0. The molecule has 0 unspecified atom stereocenters. The minimum Gasteiger partial charge on any atom is -0.283 e. The van der Waals surface area contributed by atoms with E-state index in [0.717, 1.165) is 0 Å². The van der Waals surface area contributed by atoms with Crippen molar-refractivity contribution in [2.45, 2.75) is 47.6 Å². The van der Waals surface area contributed by atoms with Crippen LogP contribution in [-0.4, -0.2) is 53.9 Å². The highest BCUT2D eigenvalue weighted by Crippen LogP contribution is 2.63. The van der Waals surface area contributed by atoms with Gasteiger partial charge in [0, 0.05) is 0 Å². The van der Waals surface area contributed by atoms with Gasteiger partial charge in [-0.05, 0) is 0 Å². The van der Waals surface area contributed by atoms with Gasteiger partial charge in [0.15, 0.2) is 0 Å². The van der Waals surface area contributed by atoms with Gasteiger partial charge < -0.3 is 0 Å². The van der Waals surface area contributed by atoms with Crippen molar-refractivity contribution in [3.63, 3.8) is 0 Å². The second kappa shape index (κ2) is 5.99. The fourth-order valence-corrected chi connectivity index (χ4v) is 1.23. The molecule has 0 aliphatic heterocycles. The highest BCUT2D eigenvalue weighted by atomic mass is 19.4. The maximum Gasteiger partial charge on any atom is 0.460 e. The van der Waals surface area contributed by atoms with Crippen LogP contribution in [0.15, 0.2) is 0 Å². The van der Waals surface area contributed by atoms with E-state index in [1.165, 1.54) is 0 Å². The molecule has 0 atom stereocenters. The monoisotopic (exact) mass is 447 g/mol. The second-order valence-corrected chi connectivity index (χ2v) is 4.62. The number of hydrogen-bond acceptors (Lipinski definition) is 1. The normalized spacial score (nSPS) is 16.5. The van der Waals surface area contributed by atoms with E-state index in [1.54, 1.807) is 0 Å². The van der Waals surface area contributed by atoms with Gasteiger partial charge in [-0.2, -0.15) is 74.6 Å². The molecule has 0 aromatic rings. The molecule has 0 aliphatic carbocycles. The summed E-state index contributed by atoms with van der Waals surface area (Å²) in [5.41, 5.74) is 0. The molecule has 18 heteroatoms. The Balaban J connectivity index is 6.69. The first-order valence-electron chi connectivity index (χ1n) is 5.42. The Kier molecular flexibility index (Phi) is 5.65. The molecule has 161 valence electrons. The number of rotatable bonds is 7. The first-order chi connectivity index (χ1) is 11.3. The maximum atomic E-state index is 12.9. The van der Waals surface area contributed by atoms with Gasteiger partial charge in [-0.15, -0.1) is 0 Å². The lowest BCUT2D eigenvalue weighted by Crippen LogP contribution is -2.74. The third-order valence-electron chi connectivity index (χ3n) is 2.85. The Hall–Kier alpha value is -1.52. The Morgan fingerprint density at radius 1 is 0.370 bits per heavy atom. The molecule has 0 N–H and O–H groups in total. The molecule has 0 aromatic heterocycles. The van der Waals surface area contributed by atoms with Gasteiger partial charge in [0.05, 0.1) is 0 Å². The third-order valence-corrected chi connectivity index (χ3v) is 2.85. The van der Waals surface area contributed by atoms with Gasteiger partial charge in [0.25, 0.3) is 6.29 Å². The van der Waals surface area contributed by atoms with Crippen molar-refractivity contribution in [1.29, 1.82) is 0 Å². The smallest absolute Gasteiger partial charge is 0.283 e. The van der Waals surface area contributed by atoms with Gasteiger partial charge in [-0.25, -0.2) is 0 Å². The van der Waals surface area contributed by atoms with Crippen molar-refractivity contribution >= 4 is 6.29 Å². The van der Waals surface area contributed by atoms with Crippen LogP contribution in [0.2, 0.25) is 0 Å². The zero-order valence-electron chi connectivity index (χ0n) is 11.3. The zero-order valence-corrected chi connectivity index (χ0v) is 11.3. The van der Waals surface area contributed by atoms with Gasteiger partial charge in [0.1, 0.15) is 0 Å². The molecule has 0 aliphatic rings. The highest BCUT2D eigenvalue weighted by molar-refractivity contribution is 5.63. The van der Waals surface area contributed by atoms with Crippen LogP contribution >= 0.6 is 0 Å². The van der Waals surface area contributed by atoms with E-state index in [1.807, 2.05) is 0 Å². The Bertz CT molecular complexity index is 569. The van der Waals surface area contributed by atoms with Crippen molar-refractivity contribution in [2.24, 2.45) is 0 Å². The Morgan fingerprint density at radius 3 is 0.815 bits per heavy atom. The molecule has 0 bridgehead atoms. The molecule has 0 rings (SSSR count). The second-order valence-electron chi connectivity index (χ2n) is 4.62. The number of alkyl halides is 17.